The predicted molar refractivity (Wildman–Crippen MR) is 73.0 cm³/mol. The van der Waals surface area contributed by atoms with Gasteiger partial charge in [0.2, 0.25) is 11.8 Å². The summed E-state index contributed by atoms with van der Waals surface area (Å²) in [7, 11) is 0. The number of nitrogens with two attached hydrogens (primary N) is 1. The molecule has 2 N–H and O–H groups in total. The van der Waals surface area contributed by atoms with Gasteiger partial charge in [-0.25, -0.2) is 8.78 Å². The van der Waals surface area contributed by atoms with E-state index in [1.807, 2.05) is 0 Å². The maximum atomic E-state index is 13.1. The molecule has 6 heteroatoms. The fourth-order valence-corrected chi connectivity index (χ4v) is 3.15. The van der Waals surface area contributed by atoms with Gasteiger partial charge < -0.3 is 10.6 Å². The lowest BCUT2D eigenvalue weighted by Gasteiger charge is -2.36. The Balaban J connectivity index is 1.91. The SMILES string of the molecule is NC(=S)C1CCCN(C(=O)C2CCC(F)(F)CC2)C1. The first kappa shape index (κ1) is 14.6. The minimum Gasteiger partial charge on any atom is -0.393 e. The number of hydrogen-bond donors (Lipinski definition) is 1. The summed E-state index contributed by atoms with van der Waals surface area (Å²) in [6.45, 7) is 1.26. The topological polar surface area (TPSA) is 46.3 Å². The quantitative estimate of drug-likeness (QED) is 0.794. The molecule has 0 radical (unpaired) electrons. The summed E-state index contributed by atoms with van der Waals surface area (Å²) in [6.07, 6.45) is 2.05. The highest BCUT2D eigenvalue weighted by Gasteiger charge is 2.39. The van der Waals surface area contributed by atoms with Crippen LogP contribution in [0.25, 0.3) is 0 Å². The van der Waals surface area contributed by atoms with Crippen molar-refractivity contribution in [3.8, 4) is 0 Å². The van der Waals surface area contributed by atoms with Crippen LogP contribution in [0.4, 0.5) is 8.78 Å². The Kier molecular flexibility index (Phi) is 4.38. The van der Waals surface area contributed by atoms with E-state index in [1.165, 1.54) is 0 Å². The monoisotopic (exact) mass is 290 g/mol. The third-order valence-corrected chi connectivity index (χ3v) is 4.54. The Morgan fingerprint density at radius 3 is 2.42 bits per heavy atom. The van der Waals surface area contributed by atoms with Gasteiger partial charge in [0, 0.05) is 37.8 Å². The van der Waals surface area contributed by atoms with Crippen molar-refractivity contribution in [2.24, 2.45) is 17.6 Å². The van der Waals surface area contributed by atoms with Crippen molar-refractivity contribution < 1.29 is 13.6 Å². The number of likely N-dealkylation sites (tertiary alicyclic amines) is 1. The van der Waals surface area contributed by atoms with Crippen molar-refractivity contribution in [1.82, 2.24) is 4.90 Å². The molecule has 1 atom stereocenters. The molecule has 3 nitrogen and oxygen atoms in total. The summed E-state index contributed by atoms with van der Waals surface area (Å²) >= 11 is 4.98. The lowest BCUT2D eigenvalue weighted by molar-refractivity contribution is -0.141. The normalized spacial score (nSPS) is 28.1. The van der Waals surface area contributed by atoms with E-state index in [2.05, 4.69) is 0 Å². The van der Waals surface area contributed by atoms with E-state index in [-0.39, 0.29) is 30.6 Å². The zero-order valence-corrected chi connectivity index (χ0v) is 11.7. The van der Waals surface area contributed by atoms with Crippen LogP contribution in [-0.4, -0.2) is 34.8 Å². The van der Waals surface area contributed by atoms with Crippen molar-refractivity contribution in [3.05, 3.63) is 0 Å². The highest BCUT2D eigenvalue weighted by molar-refractivity contribution is 7.80. The second kappa shape index (κ2) is 5.69. The van der Waals surface area contributed by atoms with Gasteiger partial charge in [0.25, 0.3) is 0 Å². The fourth-order valence-electron chi connectivity index (χ4n) is 2.95. The van der Waals surface area contributed by atoms with Crippen molar-refractivity contribution in [3.63, 3.8) is 0 Å². The standard InChI is InChI=1S/C13H20F2N2OS/c14-13(15)5-3-9(4-6-13)12(18)17-7-1-2-10(8-17)11(16)19/h9-10H,1-8H2,(H2,16,19). The molecule has 2 aliphatic rings. The zero-order chi connectivity index (χ0) is 14.0. The van der Waals surface area contributed by atoms with Crippen LogP contribution in [0.2, 0.25) is 0 Å². The third-order valence-electron chi connectivity index (χ3n) is 4.20. The molecule has 19 heavy (non-hydrogen) atoms. The molecular weight excluding hydrogens is 270 g/mol. The number of rotatable bonds is 2. The molecule has 0 bridgehead atoms. The van der Waals surface area contributed by atoms with E-state index < -0.39 is 5.92 Å². The lowest BCUT2D eigenvalue weighted by atomic mass is 9.85. The maximum Gasteiger partial charge on any atom is 0.248 e. The fraction of sp³-hybridized carbons (Fsp3) is 0.846. The minimum atomic E-state index is -2.58. The molecule has 2 rings (SSSR count). The summed E-state index contributed by atoms with van der Waals surface area (Å²) in [5.41, 5.74) is 5.64. The predicted octanol–water partition coefficient (Wildman–Crippen LogP) is 2.34. The summed E-state index contributed by atoms with van der Waals surface area (Å²) in [6, 6.07) is 0. The molecule has 1 unspecified atom stereocenters. The van der Waals surface area contributed by atoms with E-state index >= 15 is 0 Å². The number of piperidine rings is 1. The van der Waals surface area contributed by atoms with E-state index in [0.717, 1.165) is 12.8 Å². The first-order valence-electron chi connectivity index (χ1n) is 6.85. The molecule has 1 amide bonds. The van der Waals surface area contributed by atoms with Gasteiger partial charge in [-0.2, -0.15) is 0 Å². The number of amides is 1. The molecular formula is C13H20F2N2OS. The van der Waals surface area contributed by atoms with Crippen molar-refractivity contribution in [2.75, 3.05) is 13.1 Å². The third kappa shape index (κ3) is 3.61. The first-order valence-corrected chi connectivity index (χ1v) is 7.26. The van der Waals surface area contributed by atoms with Gasteiger partial charge in [-0.3, -0.25) is 4.79 Å². The van der Waals surface area contributed by atoms with Crippen LogP contribution in [0.15, 0.2) is 0 Å². The second-order valence-corrected chi connectivity index (χ2v) is 6.13. The Bertz CT molecular complexity index is 366. The van der Waals surface area contributed by atoms with Crippen LogP contribution in [0.1, 0.15) is 38.5 Å². The average Bonchev–Trinajstić information content (AvgIpc) is 2.38. The summed E-state index contributed by atoms with van der Waals surface area (Å²) in [5, 5.41) is 0. The van der Waals surface area contributed by atoms with Gasteiger partial charge in [-0.1, -0.05) is 12.2 Å². The Morgan fingerprint density at radius 2 is 1.84 bits per heavy atom. The van der Waals surface area contributed by atoms with Crippen LogP contribution in [0.3, 0.4) is 0 Å². The number of nitrogens with zero attached hydrogens (tertiary/aromatic N) is 1. The molecule has 2 fully saturated rings. The van der Waals surface area contributed by atoms with E-state index in [0.29, 0.717) is 30.9 Å². The zero-order valence-electron chi connectivity index (χ0n) is 10.9. The molecule has 1 heterocycles. The minimum absolute atomic E-state index is 0.0106. The lowest BCUT2D eigenvalue weighted by Crippen LogP contribution is -2.46. The van der Waals surface area contributed by atoms with Gasteiger partial charge in [-0.15, -0.1) is 0 Å². The number of carbonyl (C=O) groups excluding carboxylic acids is 1. The van der Waals surface area contributed by atoms with Crippen LogP contribution in [-0.2, 0) is 4.79 Å². The number of alkyl halides is 2. The molecule has 0 aromatic rings. The van der Waals surface area contributed by atoms with E-state index in [9.17, 15) is 13.6 Å². The molecule has 0 aromatic carbocycles. The number of halogens is 2. The van der Waals surface area contributed by atoms with Crippen LogP contribution >= 0.6 is 12.2 Å². The molecule has 1 aliphatic heterocycles. The number of thiocarbonyl (C=S) groups is 1. The van der Waals surface area contributed by atoms with Crippen molar-refractivity contribution in [2.45, 2.75) is 44.4 Å². The largest absolute Gasteiger partial charge is 0.393 e. The van der Waals surface area contributed by atoms with Crippen LogP contribution in [0, 0.1) is 11.8 Å². The van der Waals surface area contributed by atoms with Crippen LogP contribution < -0.4 is 5.73 Å². The first-order chi connectivity index (χ1) is 8.89. The average molecular weight is 290 g/mol. The summed E-state index contributed by atoms with van der Waals surface area (Å²) in [5.74, 6) is -2.74. The van der Waals surface area contributed by atoms with Crippen molar-refractivity contribution >= 4 is 23.1 Å². The van der Waals surface area contributed by atoms with Crippen LogP contribution in [0.5, 0.6) is 0 Å². The molecule has 1 aliphatic carbocycles. The van der Waals surface area contributed by atoms with E-state index in [1.54, 1.807) is 4.90 Å². The van der Waals surface area contributed by atoms with Gasteiger partial charge in [-0.05, 0) is 25.7 Å². The van der Waals surface area contributed by atoms with E-state index in [4.69, 9.17) is 18.0 Å². The Labute approximate surface area is 117 Å². The number of hydrogen-bond acceptors (Lipinski definition) is 2. The molecule has 1 saturated carbocycles. The molecule has 1 saturated heterocycles. The molecule has 0 spiro atoms. The molecule has 108 valence electrons. The molecule has 0 aromatic heterocycles. The highest BCUT2D eigenvalue weighted by atomic mass is 32.1. The van der Waals surface area contributed by atoms with Gasteiger partial charge in [0.1, 0.15) is 0 Å². The Hall–Kier alpha value is -0.780. The van der Waals surface area contributed by atoms with Gasteiger partial charge in [0.05, 0.1) is 4.99 Å². The second-order valence-electron chi connectivity index (χ2n) is 5.66. The smallest absolute Gasteiger partial charge is 0.248 e. The maximum absolute atomic E-state index is 13.1. The number of carbonyl (C=O) groups is 1. The van der Waals surface area contributed by atoms with Gasteiger partial charge in [0.15, 0.2) is 0 Å². The Morgan fingerprint density at radius 1 is 1.21 bits per heavy atom. The van der Waals surface area contributed by atoms with Crippen molar-refractivity contribution in [1.29, 1.82) is 0 Å². The summed E-state index contributed by atoms with van der Waals surface area (Å²) < 4.78 is 26.2. The van der Waals surface area contributed by atoms with Gasteiger partial charge >= 0.3 is 0 Å². The summed E-state index contributed by atoms with van der Waals surface area (Å²) in [4.78, 5) is 14.5. The highest BCUT2D eigenvalue weighted by Crippen LogP contribution is 2.37.